The fourth-order valence-corrected chi connectivity index (χ4v) is 3.12. The van der Waals surface area contributed by atoms with Crippen molar-refractivity contribution in [3.05, 3.63) is 48.3 Å². The Kier molecular flexibility index (Phi) is 5.32. The summed E-state index contributed by atoms with van der Waals surface area (Å²) < 4.78 is 7.14. The van der Waals surface area contributed by atoms with Crippen LogP contribution in [0.2, 0.25) is 0 Å². The third kappa shape index (κ3) is 4.48. The number of hydrogen-bond acceptors (Lipinski definition) is 8. The molecule has 1 fully saturated rings. The SMILES string of the molecule is Cc1ccnc(OCC(=O)N2CCN(c3cc(-n4cccn4)nc(C)n3)CC2)n1. The van der Waals surface area contributed by atoms with Gasteiger partial charge in [0.1, 0.15) is 11.6 Å². The van der Waals surface area contributed by atoms with E-state index in [2.05, 4.69) is 29.9 Å². The number of carbonyl (C=O) groups is 1. The average Bonchev–Trinajstić information content (AvgIpc) is 3.27. The molecule has 10 heteroatoms. The van der Waals surface area contributed by atoms with Gasteiger partial charge in [-0.15, -0.1) is 0 Å². The summed E-state index contributed by atoms with van der Waals surface area (Å²) in [6.45, 7) is 6.19. The molecule has 0 aromatic carbocycles. The van der Waals surface area contributed by atoms with Crippen LogP contribution in [0.4, 0.5) is 5.82 Å². The van der Waals surface area contributed by atoms with Gasteiger partial charge in [0.15, 0.2) is 12.4 Å². The summed E-state index contributed by atoms with van der Waals surface area (Å²) in [6, 6.07) is 5.77. The van der Waals surface area contributed by atoms with Crippen LogP contribution in [-0.2, 0) is 4.79 Å². The zero-order chi connectivity index (χ0) is 20.2. The molecule has 1 saturated heterocycles. The zero-order valence-corrected chi connectivity index (χ0v) is 16.4. The van der Waals surface area contributed by atoms with Crippen molar-refractivity contribution in [3.63, 3.8) is 0 Å². The number of amides is 1. The van der Waals surface area contributed by atoms with Crippen molar-refractivity contribution in [1.29, 1.82) is 0 Å². The first-order valence-electron chi connectivity index (χ1n) is 9.39. The van der Waals surface area contributed by atoms with Crippen molar-refractivity contribution in [3.8, 4) is 11.8 Å². The van der Waals surface area contributed by atoms with Gasteiger partial charge in [0, 0.05) is 56.5 Å². The van der Waals surface area contributed by atoms with Gasteiger partial charge in [-0.2, -0.15) is 5.10 Å². The van der Waals surface area contributed by atoms with E-state index in [-0.39, 0.29) is 18.5 Å². The van der Waals surface area contributed by atoms with Gasteiger partial charge < -0.3 is 14.5 Å². The van der Waals surface area contributed by atoms with E-state index < -0.39 is 0 Å². The second kappa shape index (κ2) is 8.21. The molecule has 150 valence electrons. The highest BCUT2D eigenvalue weighted by Crippen LogP contribution is 2.17. The lowest BCUT2D eigenvalue weighted by atomic mass is 10.3. The molecule has 0 N–H and O–H groups in total. The van der Waals surface area contributed by atoms with Crippen LogP contribution in [0, 0.1) is 13.8 Å². The van der Waals surface area contributed by atoms with E-state index in [4.69, 9.17) is 4.74 Å². The molecule has 0 radical (unpaired) electrons. The summed E-state index contributed by atoms with van der Waals surface area (Å²) in [5.74, 6) is 2.16. The third-order valence-corrected chi connectivity index (χ3v) is 4.60. The summed E-state index contributed by atoms with van der Waals surface area (Å²) in [5, 5.41) is 4.23. The molecule has 0 saturated carbocycles. The van der Waals surface area contributed by atoms with E-state index >= 15 is 0 Å². The van der Waals surface area contributed by atoms with Crippen LogP contribution in [0.5, 0.6) is 6.01 Å². The Hall–Kier alpha value is -3.56. The number of rotatable bonds is 5. The smallest absolute Gasteiger partial charge is 0.317 e. The van der Waals surface area contributed by atoms with Crippen molar-refractivity contribution >= 4 is 11.7 Å². The molecule has 1 amide bonds. The monoisotopic (exact) mass is 394 g/mol. The lowest BCUT2D eigenvalue weighted by Gasteiger charge is -2.35. The summed E-state index contributed by atoms with van der Waals surface area (Å²) in [6.07, 6.45) is 5.17. The van der Waals surface area contributed by atoms with E-state index in [9.17, 15) is 4.79 Å². The number of anilines is 1. The molecular formula is C19H22N8O2. The maximum atomic E-state index is 12.5. The van der Waals surface area contributed by atoms with Crippen LogP contribution >= 0.6 is 0 Å². The van der Waals surface area contributed by atoms with Crippen LogP contribution in [-0.4, -0.2) is 73.3 Å². The maximum absolute atomic E-state index is 12.5. The van der Waals surface area contributed by atoms with Gasteiger partial charge in [-0.25, -0.2) is 24.6 Å². The number of ether oxygens (including phenoxy) is 1. The minimum atomic E-state index is -0.0779. The van der Waals surface area contributed by atoms with Crippen LogP contribution in [0.3, 0.4) is 0 Å². The molecule has 1 aliphatic heterocycles. The maximum Gasteiger partial charge on any atom is 0.317 e. The molecule has 4 heterocycles. The second-order valence-electron chi connectivity index (χ2n) is 6.72. The Morgan fingerprint density at radius 1 is 1.07 bits per heavy atom. The molecule has 29 heavy (non-hydrogen) atoms. The summed E-state index contributed by atoms with van der Waals surface area (Å²) in [5.41, 5.74) is 0.797. The Morgan fingerprint density at radius 3 is 2.59 bits per heavy atom. The van der Waals surface area contributed by atoms with Gasteiger partial charge >= 0.3 is 6.01 Å². The molecule has 3 aromatic rings. The molecule has 0 bridgehead atoms. The predicted molar refractivity (Wildman–Crippen MR) is 105 cm³/mol. The highest BCUT2D eigenvalue weighted by atomic mass is 16.5. The van der Waals surface area contributed by atoms with Crippen LogP contribution in [0.15, 0.2) is 36.8 Å². The van der Waals surface area contributed by atoms with Gasteiger partial charge in [-0.05, 0) is 26.0 Å². The standard InChI is InChI=1S/C19H22N8O2/c1-14-4-6-20-19(22-14)29-13-18(28)26-10-8-25(9-11-26)16-12-17(24-15(2)23-16)27-7-3-5-21-27/h3-7,12H,8-11,13H2,1-2H3. The molecule has 0 unspecified atom stereocenters. The fourth-order valence-electron chi connectivity index (χ4n) is 3.12. The first-order chi connectivity index (χ1) is 14.1. The molecule has 0 atom stereocenters. The number of hydrogen-bond donors (Lipinski definition) is 0. The molecule has 0 aliphatic carbocycles. The summed E-state index contributed by atoms with van der Waals surface area (Å²) in [7, 11) is 0. The molecule has 3 aromatic heterocycles. The number of nitrogens with zero attached hydrogens (tertiary/aromatic N) is 8. The summed E-state index contributed by atoms with van der Waals surface area (Å²) in [4.78, 5) is 33.5. The first kappa shape index (κ1) is 18.8. The quantitative estimate of drug-likeness (QED) is 0.626. The van der Waals surface area contributed by atoms with E-state index in [0.717, 1.165) is 17.3 Å². The second-order valence-corrected chi connectivity index (χ2v) is 6.72. The number of aryl methyl sites for hydroxylation is 2. The van der Waals surface area contributed by atoms with Crippen LogP contribution in [0.25, 0.3) is 5.82 Å². The van der Waals surface area contributed by atoms with E-state index in [1.54, 1.807) is 28.0 Å². The minimum absolute atomic E-state index is 0.0699. The van der Waals surface area contributed by atoms with Crippen LogP contribution in [0.1, 0.15) is 11.5 Å². The number of aromatic nitrogens is 6. The molecule has 10 nitrogen and oxygen atoms in total. The number of piperazine rings is 1. The largest absolute Gasteiger partial charge is 0.453 e. The molecule has 1 aliphatic rings. The normalized spacial score (nSPS) is 14.1. The van der Waals surface area contributed by atoms with Gasteiger partial charge in [-0.1, -0.05) is 0 Å². The Bertz CT molecular complexity index is 984. The average molecular weight is 394 g/mol. The van der Waals surface area contributed by atoms with Gasteiger partial charge in [-0.3, -0.25) is 4.79 Å². The Labute approximate surface area is 168 Å². The van der Waals surface area contributed by atoms with E-state index in [1.165, 1.54) is 0 Å². The van der Waals surface area contributed by atoms with Gasteiger partial charge in [0.05, 0.1) is 0 Å². The van der Waals surface area contributed by atoms with Crippen molar-refractivity contribution in [2.75, 3.05) is 37.7 Å². The first-order valence-corrected chi connectivity index (χ1v) is 9.39. The highest BCUT2D eigenvalue weighted by molar-refractivity contribution is 5.78. The molecule has 4 rings (SSSR count). The summed E-state index contributed by atoms with van der Waals surface area (Å²) >= 11 is 0. The van der Waals surface area contributed by atoms with Gasteiger partial charge in [0.25, 0.3) is 5.91 Å². The third-order valence-electron chi connectivity index (χ3n) is 4.60. The van der Waals surface area contributed by atoms with Crippen molar-refractivity contribution in [2.45, 2.75) is 13.8 Å². The van der Waals surface area contributed by atoms with E-state index in [0.29, 0.717) is 32.0 Å². The Balaban J connectivity index is 1.35. The van der Waals surface area contributed by atoms with Crippen molar-refractivity contribution in [2.24, 2.45) is 0 Å². The topological polar surface area (TPSA) is 102 Å². The van der Waals surface area contributed by atoms with Crippen molar-refractivity contribution < 1.29 is 9.53 Å². The van der Waals surface area contributed by atoms with Gasteiger partial charge in [0.2, 0.25) is 0 Å². The number of carbonyl (C=O) groups excluding carboxylic acids is 1. The lowest BCUT2D eigenvalue weighted by Crippen LogP contribution is -2.50. The predicted octanol–water partition coefficient (Wildman–Crippen LogP) is 0.797. The van der Waals surface area contributed by atoms with E-state index in [1.807, 2.05) is 32.2 Å². The fraction of sp³-hybridized carbons (Fsp3) is 0.368. The minimum Gasteiger partial charge on any atom is -0.453 e. The van der Waals surface area contributed by atoms with Crippen LogP contribution < -0.4 is 9.64 Å². The Morgan fingerprint density at radius 2 is 1.86 bits per heavy atom. The molecular weight excluding hydrogens is 372 g/mol. The molecule has 0 spiro atoms. The lowest BCUT2D eigenvalue weighted by molar-refractivity contribution is -0.133. The zero-order valence-electron chi connectivity index (χ0n) is 16.4. The highest BCUT2D eigenvalue weighted by Gasteiger charge is 2.23. The van der Waals surface area contributed by atoms with Crippen molar-refractivity contribution in [1.82, 2.24) is 34.6 Å².